The first-order chi connectivity index (χ1) is 71.4. The predicted octanol–water partition coefficient (Wildman–Crippen LogP) is 24.1. The van der Waals surface area contributed by atoms with Crippen molar-refractivity contribution >= 4 is 59.5 Å². The molecule has 0 N–H and O–H groups in total. The van der Waals surface area contributed by atoms with Crippen molar-refractivity contribution in [3.05, 3.63) is 104 Å². The Bertz CT molecular complexity index is 4440. The lowest BCUT2D eigenvalue weighted by atomic mass is 9.66. The van der Waals surface area contributed by atoms with Gasteiger partial charge in [0.15, 0.2) is 0 Å². The second-order valence-electron chi connectivity index (χ2n) is 40.3. The molecule has 0 atom stereocenters. The molecule has 54 heteroatoms. The fourth-order valence-electron chi connectivity index (χ4n) is 19.6. The van der Waals surface area contributed by atoms with Crippen LogP contribution in [0.3, 0.4) is 0 Å². The molecule has 0 saturated heterocycles. The molecule has 0 unspecified atom stereocenters. The topological polar surface area (TPSA) is 770 Å². The van der Waals surface area contributed by atoms with E-state index in [-0.39, 0.29) is 159 Å². The number of rotatable bonds is 33. The number of carbonyl (C=O) groups excluding carboxylic acids is 10. The lowest BCUT2D eigenvalue weighted by Gasteiger charge is -2.42. The van der Waals surface area contributed by atoms with E-state index in [0.29, 0.717) is 104 Å². The van der Waals surface area contributed by atoms with E-state index in [1.165, 1.54) is 36.5 Å². The van der Waals surface area contributed by atoms with Crippen LogP contribution >= 0.6 is 0 Å². The van der Waals surface area contributed by atoms with E-state index in [1.54, 1.807) is 35.2 Å². The normalized spacial score (nSPS) is 29.1. The van der Waals surface area contributed by atoms with Crippen molar-refractivity contribution in [3.8, 4) is 0 Å². The van der Waals surface area contributed by atoms with Crippen LogP contribution in [0.15, 0.2) is 51.1 Å². The minimum atomic E-state index is -0.549. The Morgan fingerprint density at radius 3 is 0.640 bits per heavy atom. The third-order valence-electron chi connectivity index (χ3n) is 29.6. The highest BCUT2D eigenvalue weighted by molar-refractivity contribution is 5.84. The first-order valence-corrected chi connectivity index (χ1v) is 52.0. The highest BCUT2D eigenvalue weighted by Crippen LogP contribution is 2.48. The van der Waals surface area contributed by atoms with Gasteiger partial charge in [0.05, 0.1) is 113 Å². The van der Waals surface area contributed by atoms with Crippen LogP contribution in [0.25, 0.3) is 104 Å². The number of hydroxylamine groups is 6. The van der Waals surface area contributed by atoms with Crippen molar-refractivity contribution in [3.63, 3.8) is 0 Å². The molecular formula is C96H165N33O21. The van der Waals surface area contributed by atoms with Gasteiger partial charge in [0.2, 0.25) is 0 Å². The molecular weight excluding hydrogens is 1950 g/mol. The second kappa shape index (κ2) is 72.2. The van der Waals surface area contributed by atoms with Crippen molar-refractivity contribution in [2.45, 2.75) is 395 Å². The molecule has 840 valence electrons. The Morgan fingerprint density at radius 2 is 0.433 bits per heavy atom. The van der Waals surface area contributed by atoms with Crippen molar-refractivity contribution in [2.24, 2.45) is 106 Å². The van der Waals surface area contributed by atoms with Crippen molar-refractivity contribution in [2.75, 3.05) is 102 Å². The fourth-order valence-corrected chi connectivity index (χ4v) is 19.6. The molecule has 0 bridgehead atoms. The number of hydrogen-bond acceptors (Lipinski definition) is 31. The Balaban J connectivity index is 0.000000834. The van der Waals surface area contributed by atoms with Crippen LogP contribution in [0.4, 0.5) is 0 Å². The van der Waals surface area contributed by atoms with Gasteiger partial charge in [0, 0.05) is 154 Å². The summed E-state index contributed by atoms with van der Waals surface area (Å²) in [4.78, 5) is 159. The summed E-state index contributed by atoms with van der Waals surface area (Å²) in [6, 6.07) is 0.319. The van der Waals surface area contributed by atoms with Crippen LogP contribution in [-0.4, -0.2) is 238 Å². The summed E-state index contributed by atoms with van der Waals surface area (Å²) in [7, 11) is 10.7. The first-order valence-electron chi connectivity index (χ1n) is 52.0. The summed E-state index contributed by atoms with van der Waals surface area (Å²) in [6.07, 6.45) is 27.5. The van der Waals surface area contributed by atoms with Crippen LogP contribution in [0.2, 0.25) is 0 Å². The van der Waals surface area contributed by atoms with Crippen LogP contribution in [-0.2, 0) is 100 Å². The lowest BCUT2D eigenvalue weighted by Crippen LogP contribution is -2.49. The Labute approximate surface area is 879 Å². The van der Waals surface area contributed by atoms with Gasteiger partial charge < -0.3 is 37.9 Å². The summed E-state index contributed by atoms with van der Waals surface area (Å²) < 4.78 is 40.4. The minimum absolute atomic E-state index is 0.000548. The number of esters is 7. The molecule has 0 radical (unpaired) electrons. The molecule has 10 rings (SSSR count). The maximum Gasteiger partial charge on any atom is 0.314 e. The van der Waals surface area contributed by atoms with Gasteiger partial charge in [-0.25, -0.2) is 15.2 Å². The Hall–Kier alpha value is -12.4. The van der Waals surface area contributed by atoms with Gasteiger partial charge in [-0.2, -0.15) is 0 Å². The van der Waals surface area contributed by atoms with Gasteiger partial charge >= 0.3 is 41.8 Å². The van der Waals surface area contributed by atoms with Crippen molar-refractivity contribution in [1.82, 2.24) is 15.2 Å². The molecule has 10 aliphatic carbocycles. The van der Waals surface area contributed by atoms with Crippen LogP contribution in [0.5, 0.6) is 0 Å². The summed E-state index contributed by atoms with van der Waals surface area (Å²) in [5.41, 5.74) is 79.7. The SMILES string of the molecule is CCOC(=O)C1(C)CCC(N=[N+]=[N-])CC1.CCOC(=O)C1(C)CCC(N=[N+]=[N-])CC1.CCOC(=O)C1(C)CCC(N=[N+]=[N-])CC1.CCOC(=O)C1(CC)CCC(N=[N+]=[N-])CC1.CCOC(=O)C1(COC)CCC(N=[N+]=[N-])CC1.CCOC(=O)C1CCC(N=[N+]=[N-])CC1.CCOC(=O)C1CCC(N=[N+]=[N-])CC1.CON(C)C(=O)C1(C)CC(N=[N+]=[N-])C1.CON(C)C(=O)C1(C)CC(N=[N+]=[N-])C1.CON(C)C(=O)C1(C)CCC(N=[N+]=[N-])CC1. The van der Waals surface area contributed by atoms with Gasteiger partial charge in [0.25, 0.3) is 17.7 Å². The second-order valence-corrected chi connectivity index (χ2v) is 40.3. The lowest BCUT2D eigenvalue weighted by molar-refractivity contribution is -0.185. The molecule has 0 aromatic carbocycles. The maximum atomic E-state index is 12.0. The molecule has 10 aliphatic rings. The number of carbonyl (C=O) groups is 10. The van der Waals surface area contributed by atoms with E-state index in [9.17, 15) is 47.9 Å². The number of ether oxygens (including phenoxy) is 8. The molecule has 0 heterocycles. The third kappa shape index (κ3) is 45.8. The molecule has 10 saturated carbocycles. The molecule has 54 nitrogen and oxygen atoms in total. The zero-order chi connectivity index (χ0) is 113. The monoisotopic (exact) mass is 2120 g/mol. The zero-order valence-electron chi connectivity index (χ0n) is 92.1. The smallest absolute Gasteiger partial charge is 0.314 e. The summed E-state index contributed by atoms with van der Waals surface area (Å²) in [5.74, 6) is -0.960. The van der Waals surface area contributed by atoms with Gasteiger partial charge in [-0.3, -0.25) is 62.5 Å². The third-order valence-corrected chi connectivity index (χ3v) is 29.6. The Kier molecular flexibility index (Phi) is 65.3. The average Bonchev–Trinajstić information content (AvgIpc) is 0.778. The number of amides is 3. The van der Waals surface area contributed by atoms with Crippen LogP contribution in [0.1, 0.15) is 335 Å². The minimum Gasteiger partial charge on any atom is -0.466 e. The largest absolute Gasteiger partial charge is 0.466 e. The fraction of sp³-hybridized carbons (Fsp3) is 0.896. The molecule has 3 amide bonds. The van der Waals surface area contributed by atoms with Gasteiger partial charge in [-0.1, -0.05) is 78.8 Å². The first kappa shape index (κ1) is 136. The van der Waals surface area contributed by atoms with E-state index in [0.717, 1.165) is 186 Å². The molecule has 0 aromatic heterocycles. The van der Waals surface area contributed by atoms with E-state index in [2.05, 4.69) is 100 Å². The summed E-state index contributed by atoms with van der Waals surface area (Å²) >= 11 is 0. The van der Waals surface area contributed by atoms with Gasteiger partial charge in [0.1, 0.15) is 0 Å². The van der Waals surface area contributed by atoms with Crippen molar-refractivity contribution < 1.29 is 100 Å². The predicted molar refractivity (Wildman–Crippen MR) is 554 cm³/mol. The number of nitrogens with zero attached hydrogens (tertiary/aromatic N) is 33. The maximum absolute atomic E-state index is 12.0. The van der Waals surface area contributed by atoms with Crippen LogP contribution in [0, 0.1) is 55.2 Å². The highest BCUT2D eigenvalue weighted by Gasteiger charge is 2.51. The summed E-state index contributed by atoms with van der Waals surface area (Å²) in [6.45, 7) is 29.5. The van der Waals surface area contributed by atoms with Gasteiger partial charge in [-0.15, -0.1) is 0 Å². The van der Waals surface area contributed by atoms with Crippen LogP contribution < -0.4 is 0 Å². The van der Waals surface area contributed by atoms with Gasteiger partial charge in [-0.05, 0) is 362 Å². The average molecular weight is 2120 g/mol. The standard InChI is InChI=1S/C11H19N3O3.C11H19N3O2.C10H18N4O2.3C10H17N3O2.2C9H15N3O2.2C8H14N4O2/c1-3-17-10(15)11(8-16-2)6-4-9(5-7-11)13-14-12;1-3-11(10(15)16-4-2)7-5-9(6-8-11)13-14-12;1-10(9(15)14(2)16-3)6-4-8(5-7-10)12-13-11;3*1-3-15-9(14)10(2)6-4-8(5-7-10)12-13-11;2*1-2-14-9(13)7-3-5-8(6-4-7)11-12-10;2*1-8(7(13)12(2)14-3)4-6(5-8)10-11-9/h9H,3-8H2,1-2H3;9H,3-8H2,1-2H3;8H,4-7H2,1-3H3;3*8H,3-7H2,1-2H3;2*7-8H,2-6H2,1H3;2*6H,4-5H2,1-3H3. The summed E-state index contributed by atoms with van der Waals surface area (Å²) in [5, 5.41) is 40.3. The molecule has 0 aromatic rings. The van der Waals surface area contributed by atoms with E-state index < -0.39 is 16.2 Å². The van der Waals surface area contributed by atoms with E-state index in [4.69, 9.17) is 108 Å². The molecule has 0 aliphatic heterocycles. The quantitative estimate of drug-likeness (QED) is 0.0147. The highest BCUT2D eigenvalue weighted by atomic mass is 16.7. The number of azide groups is 10. The zero-order valence-corrected chi connectivity index (χ0v) is 92.1. The molecule has 0 spiro atoms. The van der Waals surface area contributed by atoms with Crippen molar-refractivity contribution in [1.29, 1.82) is 0 Å². The number of methoxy groups -OCH3 is 1. The van der Waals surface area contributed by atoms with E-state index >= 15 is 0 Å². The van der Waals surface area contributed by atoms with E-state index in [1.807, 2.05) is 90.0 Å². The molecule has 10 fully saturated rings. The number of hydrogen-bond donors (Lipinski definition) is 0. The Morgan fingerprint density at radius 1 is 0.247 bits per heavy atom. The molecule has 150 heavy (non-hydrogen) atoms.